The second-order valence-electron chi connectivity index (χ2n) is 5.87. The lowest BCUT2D eigenvalue weighted by molar-refractivity contribution is 0.551. The van der Waals surface area contributed by atoms with E-state index >= 15 is 0 Å². The van der Waals surface area contributed by atoms with Crippen molar-refractivity contribution in [2.45, 2.75) is 4.90 Å². The first-order chi connectivity index (χ1) is 13.8. The first-order valence-corrected chi connectivity index (χ1v) is 9.90. The molecule has 0 fully saturated rings. The summed E-state index contributed by atoms with van der Waals surface area (Å²) in [5.41, 5.74) is 2.02. The zero-order valence-electron chi connectivity index (χ0n) is 14.3. The summed E-state index contributed by atoms with van der Waals surface area (Å²) in [4.78, 5) is 15.6. The first-order valence-electron chi connectivity index (χ1n) is 8.04. The molecule has 0 aliphatic heterocycles. The average molecular weight is 434 g/mol. The number of nitrogens with zero attached hydrogens (tertiary/aromatic N) is 4. The van der Waals surface area contributed by atoms with Crippen molar-refractivity contribution in [1.29, 1.82) is 0 Å². The van der Waals surface area contributed by atoms with E-state index < -0.39 is 26.6 Å². The number of benzene rings is 1. The van der Waals surface area contributed by atoms with Gasteiger partial charge in [0.05, 0.1) is 23.1 Å². The molecule has 29 heavy (non-hydrogen) atoms. The number of sulfonamides is 1. The van der Waals surface area contributed by atoms with Gasteiger partial charge in [-0.3, -0.25) is 4.72 Å². The van der Waals surface area contributed by atoms with Crippen molar-refractivity contribution in [1.82, 2.24) is 19.9 Å². The molecule has 7 nitrogen and oxygen atoms in total. The number of pyridine rings is 2. The van der Waals surface area contributed by atoms with E-state index in [1.165, 1.54) is 24.8 Å². The molecule has 3 heterocycles. The molecule has 0 spiro atoms. The van der Waals surface area contributed by atoms with Crippen LogP contribution < -0.4 is 4.72 Å². The lowest BCUT2D eigenvalue weighted by Crippen LogP contribution is -2.15. The highest BCUT2D eigenvalue weighted by Gasteiger charge is 2.21. The third kappa shape index (κ3) is 3.84. The quantitative estimate of drug-likeness (QED) is 0.491. The molecular weight excluding hydrogens is 424 g/mol. The molecule has 3 aromatic heterocycles. The van der Waals surface area contributed by atoms with Gasteiger partial charge in [-0.05, 0) is 30.3 Å². The Morgan fingerprint density at radius 3 is 2.59 bits per heavy atom. The summed E-state index contributed by atoms with van der Waals surface area (Å²) < 4.78 is 54.2. The van der Waals surface area contributed by atoms with Crippen LogP contribution in [0.5, 0.6) is 0 Å². The van der Waals surface area contributed by atoms with Crippen molar-refractivity contribution in [2.75, 3.05) is 4.72 Å². The highest BCUT2D eigenvalue weighted by atomic mass is 35.5. The van der Waals surface area contributed by atoms with Gasteiger partial charge in [0, 0.05) is 17.8 Å². The molecule has 1 N–H and O–H groups in total. The lowest BCUT2D eigenvalue weighted by atomic mass is 10.1. The monoisotopic (exact) mass is 433 g/mol. The van der Waals surface area contributed by atoms with Crippen LogP contribution in [0.15, 0.2) is 60.0 Å². The summed E-state index contributed by atoms with van der Waals surface area (Å²) in [6, 6.07) is 6.96. The van der Waals surface area contributed by atoms with Crippen LogP contribution in [-0.4, -0.2) is 28.4 Å². The Hall–Kier alpha value is -3.24. The molecule has 0 unspecified atom stereocenters. The first kappa shape index (κ1) is 19.1. The van der Waals surface area contributed by atoms with Crippen LogP contribution >= 0.6 is 11.6 Å². The summed E-state index contributed by atoms with van der Waals surface area (Å²) in [5.74, 6) is -2.12. The SMILES string of the molecule is O=S(=O)(Nc1cc(-c2ccc3ncncc3n2)cnc1Cl)c1ccc(F)cc1F. The zero-order chi connectivity index (χ0) is 20.6. The van der Waals surface area contributed by atoms with E-state index in [1.807, 2.05) is 0 Å². The molecule has 0 radical (unpaired) electrons. The van der Waals surface area contributed by atoms with Crippen molar-refractivity contribution >= 4 is 38.3 Å². The summed E-state index contributed by atoms with van der Waals surface area (Å²) in [6.07, 6.45) is 4.35. The molecule has 0 aliphatic carbocycles. The van der Waals surface area contributed by atoms with E-state index in [4.69, 9.17) is 11.6 Å². The molecule has 4 rings (SSSR count). The Morgan fingerprint density at radius 2 is 1.79 bits per heavy atom. The topological polar surface area (TPSA) is 97.7 Å². The maximum atomic E-state index is 13.9. The highest BCUT2D eigenvalue weighted by molar-refractivity contribution is 7.92. The minimum atomic E-state index is -4.37. The number of hydrogen-bond donors (Lipinski definition) is 1. The van der Waals surface area contributed by atoms with Gasteiger partial charge in [-0.25, -0.2) is 37.1 Å². The number of aromatic nitrogens is 4. The largest absolute Gasteiger partial charge is 0.276 e. The predicted molar refractivity (Wildman–Crippen MR) is 103 cm³/mol. The molecule has 4 aromatic rings. The van der Waals surface area contributed by atoms with Crippen molar-refractivity contribution in [2.24, 2.45) is 0 Å². The standard InChI is InChI=1S/C18H10ClF2N5O2S/c19-18-15(26-29(27,28)17-4-1-11(20)6-12(17)21)5-10(7-23-18)13-2-3-14-16(25-13)8-22-9-24-14/h1-9,26H. The van der Waals surface area contributed by atoms with Crippen LogP contribution in [0.25, 0.3) is 22.3 Å². The lowest BCUT2D eigenvalue weighted by Gasteiger charge is -2.11. The average Bonchev–Trinajstić information content (AvgIpc) is 2.69. The smallest absolute Gasteiger partial charge is 0.264 e. The second-order valence-corrected chi connectivity index (χ2v) is 7.88. The maximum Gasteiger partial charge on any atom is 0.264 e. The van der Waals surface area contributed by atoms with E-state index in [2.05, 4.69) is 24.7 Å². The fourth-order valence-corrected chi connectivity index (χ4v) is 3.91. The van der Waals surface area contributed by atoms with Gasteiger partial charge in [0.2, 0.25) is 0 Å². The van der Waals surface area contributed by atoms with Gasteiger partial charge in [0.15, 0.2) is 5.15 Å². The number of rotatable bonds is 4. The third-order valence-corrected chi connectivity index (χ3v) is 5.63. The van der Waals surface area contributed by atoms with Crippen LogP contribution in [0.4, 0.5) is 14.5 Å². The van der Waals surface area contributed by atoms with E-state index in [-0.39, 0.29) is 10.8 Å². The summed E-state index contributed by atoms with van der Waals surface area (Å²) in [6.45, 7) is 0. The molecule has 0 saturated heterocycles. The van der Waals surface area contributed by atoms with Gasteiger partial charge >= 0.3 is 0 Å². The van der Waals surface area contributed by atoms with Crippen molar-refractivity contribution < 1.29 is 17.2 Å². The van der Waals surface area contributed by atoms with Gasteiger partial charge in [-0.15, -0.1) is 0 Å². The van der Waals surface area contributed by atoms with Crippen LogP contribution in [0.3, 0.4) is 0 Å². The number of nitrogens with one attached hydrogen (secondary N) is 1. The van der Waals surface area contributed by atoms with E-state index in [1.54, 1.807) is 12.1 Å². The van der Waals surface area contributed by atoms with Crippen LogP contribution in [0.2, 0.25) is 5.15 Å². The van der Waals surface area contributed by atoms with E-state index in [0.717, 1.165) is 12.1 Å². The van der Waals surface area contributed by atoms with E-state index in [9.17, 15) is 17.2 Å². The number of anilines is 1. The number of halogens is 3. The van der Waals surface area contributed by atoms with Gasteiger partial charge in [0.1, 0.15) is 28.4 Å². The van der Waals surface area contributed by atoms with Gasteiger partial charge in [-0.1, -0.05) is 11.6 Å². The van der Waals surface area contributed by atoms with Crippen LogP contribution in [0.1, 0.15) is 0 Å². The van der Waals surface area contributed by atoms with E-state index in [0.29, 0.717) is 28.4 Å². The molecule has 1 aromatic carbocycles. The Balaban J connectivity index is 1.73. The second kappa shape index (κ2) is 7.30. The molecular formula is C18H10ClF2N5O2S. The molecule has 0 bridgehead atoms. The zero-order valence-corrected chi connectivity index (χ0v) is 15.9. The Labute approximate surface area is 168 Å². The van der Waals surface area contributed by atoms with Gasteiger partial charge in [0.25, 0.3) is 10.0 Å². The Morgan fingerprint density at radius 1 is 0.966 bits per heavy atom. The number of hydrogen-bond acceptors (Lipinski definition) is 6. The molecule has 0 aliphatic rings. The van der Waals surface area contributed by atoms with Gasteiger partial charge in [-0.2, -0.15) is 0 Å². The van der Waals surface area contributed by atoms with Crippen molar-refractivity contribution in [3.63, 3.8) is 0 Å². The van der Waals surface area contributed by atoms with Crippen LogP contribution in [-0.2, 0) is 10.0 Å². The molecule has 0 saturated carbocycles. The third-order valence-electron chi connectivity index (χ3n) is 3.93. The van der Waals surface area contributed by atoms with Crippen LogP contribution in [0, 0.1) is 11.6 Å². The summed E-state index contributed by atoms with van der Waals surface area (Å²) >= 11 is 6.01. The van der Waals surface area contributed by atoms with Gasteiger partial charge < -0.3 is 0 Å². The van der Waals surface area contributed by atoms with Crippen molar-refractivity contribution in [3.8, 4) is 11.3 Å². The highest BCUT2D eigenvalue weighted by Crippen LogP contribution is 2.29. The Bertz CT molecular complexity index is 1350. The fraction of sp³-hybridized carbons (Fsp3) is 0. The number of fused-ring (bicyclic) bond motifs is 1. The normalized spacial score (nSPS) is 11.6. The molecule has 146 valence electrons. The Kier molecular flexibility index (Phi) is 4.81. The summed E-state index contributed by atoms with van der Waals surface area (Å²) in [7, 11) is -4.37. The minimum absolute atomic E-state index is 0.0842. The fourth-order valence-electron chi connectivity index (χ4n) is 2.58. The maximum absolute atomic E-state index is 13.9. The minimum Gasteiger partial charge on any atom is -0.276 e. The predicted octanol–water partition coefficient (Wildman–Crippen LogP) is 3.82. The molecule has 0 atom stereocenters. The summed E-state index contributed by atoms with van der Waals surface area (Å²) in [5, 5.41) is -0.149. The molecule has 0 amide bonds. The molecule has 11 heteroatoms. The van der Waals surface area contributed by atoms with Crippen molar-refractivity contribution in [3.05, 3.63) is 71.9 Å².